The topological polar surface area (TPSA) is 74.1 Å². The van der Waals surface area contributed by atoms with Crippen molar-refractivity contribution in [1.29, 1.82) is 0 Å². The molecule has 4 aromatic rings. The summed E-state index contributed by atoms with van der Waals surface area (Å²) in [7, 11) is 3.25. The van der Waals surface area contributed by atoms with Gasteiger partial charge < -0.3 is 14.8 Å². The van der Waals surface area contributed by atoms with Gasteiger partial charge in [-0.15, -0.1) is 0 Å². The van der Waals surface area contributed by atoms with Crippen molar-refractivity contribution < 1.29 is 9.47 Å². The molecule has 9 heteroatoms. The number of benzene rings is 2. The Bertz CT molecular complexity index is 1290. The lowest BCUT2D eigenvalue weighted by atomic mass is 10.1. The van der Waals surface area contributed by atoms with Gasteiger partial charge in [0.05, 0.1) is 41.0 Å². The molecular weight excluding hydrogens is 449 g/mol. The number of aromatic nitrogens is 4. The van der Waals surface area contributed by atoms with E-state index in [9.17, 15) is 0 Å². The standard InChI is InChI=1S/C23H23Cl2N5O2/c1-13-9-14(2)30(29-13)23-22(27-18-11-16(24)17(25)12-19(18)28-23)26-8-7-15-5-6-20(31-3)21(10-15)32-4/h5-6,9-12H,7-8H2,1-4H3,(H,26,27). The van der Waals surface area contributed by atoms with E-state index in [1.165, 1.54) is 0 Å². The van der Waals surface area contributed by atoms with Gasteiger partial charge in [0.25, 0.3) is 0 Å². The smallest absolute Gasteiger partial charge is 0.197 e. The molecule has 0 aliphatic carbocycles. The molecule has 166 valence electrons. The molecule has 0 bridgehead atoms. The Labute approximate surface area is 196 Å². The fourth-order valence-electron chi connectivity index (χ4n) is 3.51. The predicted molar refractivity (Wildman–Crippen MR) is 128 cm³/mol. The minimum Gasteiger partial charge on any atom is -0.493 e. The number of rotatable bonds is 7. The van der Waals surface area contributed by atoms with Gasteiger partial charge >= 0.3 is 0 Å². The number of methoxy groups -OCH3 is 2. The molecule has 7 nitrogen and oxygen atoms in total. The number of hydrogen-bond acceptors (Lipinski definition) is 6. The van der Waals surface area contributed by atoms with Crippen molar-refractivity contribution >= 4 is 40.1 Å². The third-order valence-electron chi connectivity index (χ3n) is 5.05. The molecule has 0 amide bonds. The summed E-state index contributed by atoms with van der Waals surface area (Å²) in [6.07, 6.45) is 0.748. The Morgan fingerprint density at radius 3 is 2.22 bits per heavy atom. The van der Waals surface area contributed by atoms with Crippen molar-refractivity contribution in [3.05, 3.63) is 63.4 Å². The molecule has 0 spiro atoms. The van der Waals surface area contributed by atoms with Crippen molar-refractivity contribution in [3.8, 4) is 17.3 Å². The van der Waals surface area contributed by atoms with Crippen LogP contribution in [0.15, 0.2) is 36.4 Å². The fraction of sp³-hybridized carbons (Fsp3) is 0.261. The third kappa shape index (κ3) is 4.45. The Morgan fingerprint density at radius 1 is 0.906 bits per heavy atom. The number of halogens is 2. The van der Waals surface area contributed by atoms with Crippen molar-refractivity contribution in [2.24, 2.45) is 0 Å². The first-order valence-corrected chi connectivity index (χ1v) is 10.8. The van der Waals surface area contributed by atoms with E-state index in [-0.39, 0.29) is 0 Å². The van der Waals surface area contributed by atoms with Gasteiger partial charge in [0.2, 0.25) is 0 Å². The number of nitrogens with one attached hydrogen (secondary N) is 1. The molecule has 0 aliphatic heterocycles. The van der Waals surface area contributed by atoms with Crippen LogP contribution in [0.1, 0.15) is 17.0 Å². The number of hydrogen-bond donors (Lipinski definition) is 1. The van der Waals surface area contributed by atoms with Crippen molar-refractivity contribution in [2.45, 2.75) is 20.3 Å². The maximum atomic E-state index is 6.20. The second kappa shape index (κ2) is 9.22. The molecular formula is C23H23Cl2N5O2. The lowest BCUT2D eigenvalue weighted by molar-refractivity contribution is 0.354. The number of anilines is 1. The molecule has 4 rings (SSSR count). The minimum absolute atomic E-state index is 0.432. The zero-order valence-electron chi connectivity index (χ0n) is 18.2. The van der Waals surface area contributed by atoms with E-state index in [2.05, 4.69) is 10.4 Å². The van der Waals surface area contributed by atoms with Crippen LogP contribution in [0.5, 0.6) is 11.5 Å². The van der Waals surface area contributed by atoms with Crippen LogP contribution in [0.25, 0.3) is 16.9 Å². The molecule has 0 fully saturated rings. The summed E-state index contributed by atoms with van der Waals surface area (Å²) < 4.78 is 12.5. The van der Waals surface area contributed by atoms with E-state index < -0.39 is 0 Å². The monoisotopic (exact) mass is 471 g/mol. The first kappa shape index (κ1) is 22.2. The largest absolute Gasteiger partial charge is 0.493 e. The van der Waals surface area contributed by atoms with Crippen LogP contribution in [-0.2, 0) is 6.42 Å². The highest BCUT2D eigenvalue weighted by Gasteiger charge is 2.15. The molecule has 0 radical (unpaired) electrons. The first-order valence-electron chi connectivity index (χ1n) is 10.0. The number of ether oxygens (including phenoxy) is 2. The summed E-state index contributed by atoms with van der Waals surface area (Å²) in [6.45, 7) is 4.55. The Hall–Kier alpha value is -3.03. The van der Waals surface area contributed by atoms with Crippen LogP contribution in [0.2, 0.25) is 10.0 Å². The third-order valence-corrected chi connectivity index (χ3v) is 5.77. The average molecular weight is 472 g/mol. The fourth-order valence-corrected chi connectivity index (χ4v) is 3.83. The van der Waals surface area contributed by atoms with E-state index in [0.29, 0.717) is 50.8 Å². The summed E-state index contributed by atoms with van der Waals surface area (Å²) in [5, 5.41) is 8.85. The lowest BCUT2D eigenvalue weighted by Gasteiger charge is -2.14. The van der Waals surface area contributed by atoms with Gasteiger partial charge in [-0.2, -0.15) is 5.10 Å². The molecule has 32 heavy (non-hydrogen) atoms. The quantitative estimate of drug-likeness (QED) is 0.388. The molecule has 2 heterocycles. The number of fused-ring (bicyclic) bond motifs is 1. The van der Waals surface area contributed by atoms with Gasteiger partial charge in [0, 0.05) is 12.2 Å². The van der Waals surface area contributed by atoms with E-state index >= 15 is 0 Å². The molecule has 1 N–H and O–H groups in total. The molecule has 0 atom stereocenters. The summed E-state index contributed by atoms with van der Waals surface area (Å²) in [5.74, 6) is 2.62. The van der Waals surface area contributed by atoms with Gasteiger partial charge in [-0.25, -0.2) is 14.6 Å². The SMILES string of the molecule is COc1ccc(CCNc2nc3cc(Cl)c(Cl)cc3nc2-n2nc(C)cc2C)cc1OC. The Balaban J connectivity index is 1.67. The minimum atomic E-state index is 0.432. The van der Waals surface area contributed by atoms with E-state index in [1.54, 1.807) is 31.0 Å². The van der Waals surface area contributed by atoms with Crippen molar-refractivity contribution in [3.63, 3.8) is 0 Å². The molecule has 0 saturated heterocycles. The molecule has 0 saturated carbocycles. The summed E-state index contributed by atoms with van der Waals surface area (Å²) in [4.78, 5) is 9.57. The highest BCUT2D eigenvalue weighted by molar-refractivity contribution is 6.42. The van der Waals surface area contributed by atoms with Gasteiger partial charge in [-0.05, 0) is 56.2 Å². The van der Waals surface area contributed by atoms with Crippen molar-refractivity contribution in [2.75, 3.05) is 26.1 Å². The summed E-state index contributed by atoms with van der Waals surface area (Å²) >= 11 is 12.4. The van der Waals surface area contributed by atoms with Gasteiger partial charge in [-0.3, -0.25) is 0 Å². The van der Waals surface area contributed by atoms with Crippen LogP contribution >= 0.6 is 23.2 Å². The zero-order chi connectivity index (χ0) is 22.8. The van der Waals surface area contributed by atoms with Crippen LogP contribution in [-0.4, -0.2) is 40.5 Å². The first-order chi connectivity index (χ1) is 15.4. The van der Waals surface area contributed by atoms with Gasteiger partial charge in [0.15, 0.2) is 23.1 Å². The maximum Gasteiger partial charge on any atom is 0.197 e. The predicted octanol–water partition coefficient (Wildman–Crippen LogP) is 5.41. The summed E-state index contributed by atoms with van der Waals surface area (Å²) in [5.41, 5.74) is 4.26. The Kier molecular flexibility index (Phi) is 6.39. The van der Waals surface area contributed by atoms with Crippen LogP contribution in [0.4, 0.5) is 5.82 Å². The highest BCUT2D eigenvalue weighted by atomic mass is 35.5. The van der Waals surface area contributed by atoms with Crippen LogP contribution in [0.3, 0.4) is 0 Å². The highest BCUT2D eigenvalue weighted by Crippen LogP contribution is 2.30. The van der Waals surface area contributed by atoms with Gasteiger partial charge in [-0.1, -0.05) is 29.3 Å². The van der Waals surface area contributed by atoms with E-state index in [1.807, 2.05) is 38.1 Å². The van der Waals surface area contributed by atoms with E-state index in [4.69, 9.17) is 42.6 Å². The molecule has 2 aromatic heterocycles. The summed E-state index contributed by atoms with van der Waals surface area (Å²) in [6, 6.07) is 11.3. The van der Waals surface area contributed by atoms with Crippen LogP contribution in [0, 0.1) is 13.8 Å². The maximum absolute atomic E-state index is 6.20. The molecule has 2 aromatic carbocycles. The van der Waals surface area contributed by atoms with Crippen molar-refractivity contribution in [1.82, 2.24) is 19.7 Å². The number of nitrogens with zero attached hydrogens (tertiary/aromatic N) is 4. The second-order valence-electron chi connectivity index (χ2n) is 7.36. The lowest BCUT2D eigenvalue weighted by Crippen LogP contribution is -2.13. The Morgan fingerprint density at radius 2 is 1.59 bits per heavy atom. The average Bonchev–Trinajstić information content (AvgIpc) is 3.11. The molecule has 0 aliphatic rings. The number of aryl methyl sites for hydroxylation is 2. The zero-order valence-corrected chi connectivity index (χ0v) is 19.8. The van der Waals surface area contributed by atoms with E-state index in [0.717, 1.165) is 23.4 Å². The van der Waals surface area contributed by atoms with Gasteiger partial charge in [0.1, 0.15) is 0 Å². The normalized spacial score (nSPS) is 11.1. The molecule has 0 unspecified atom stereocenters. The second-order valence-corrected chi connectivity index (χ2v) is 8.17. The van der Waals surface area contributed by atoms with Crippen LogP contribution < -0.4 is 14.8 Å².